The van der Waals surface area contributed by atoms with Crippen LogP contribution in [-0.2, 0) is 16.0 Å². The Morgan fingerprint density at radius 3 is 2.61 bits per heavy atom. The Balaban J connectivity index is 1.81. The van der Waals surface area contributed by atoms with Crippen LogP contribution in [0.15, 0.2) is 24.3 Å². The van der Waals surface area contributed by atoms with Crippen molar-refractivity contribution in [1.82, 2.24) is 5.32 Å². The van der Waals surface area contributed by atoms with E-state index >= 15 is 0 Å². The molecule has 0 spiro atoms. The maximum atomic E-state index is 12.1. The molecule has 1 heterocycles. The summed E-state index contributed by atoms with van der Waals surface area (Å²) in [6, 6.07) is 8.01. The normalized spacial score (nSPS) is 15.7. The zero-order valence-electron chi connectivity index (χ0n) is 14.3. The van der Waals surface area contributed by atoms with Gasteiger partial charge in [-0.3, -0.25) is 9.59 Å². The van der Waals surface area contributed by atoms with Crippen LogP contribution in [0, 0.1) is 0 Å². The van der Waals surface area contributed by atoms with Crippen LogP contribution in [-0.4, -0.2) is 24.4 Å². The molecule has 0 aliphatic carbocycles. The van der Waals surface area contributed by atoms with Crippen molar-refractivity contribution in [3.63, 3.8) is 0 Å². The second-order valence-corrected chi connectivity index (χ2v) is 6.46. The number of hydrogen-bond donors (Lipinski definition) is 1. The summed E-state index contributed by atoms with van der Waals surface area (Å²) in [6.07, 6.45) is 6.58. The lowest BCUT2D eigenvalue weighted by molar-refractivity contribution is -0.121. The van der Waals surface area contributed by atoms with Crippen molar-refractivity contribution in [3.05, 3.63) is 29.8 Å². The Bertz CT molecular complexity index is 525. The number of rotatable bonds is 8. The molecule has 0 aromatic heterocycles. The highest BCUT2D eigenvalue weighted by Crippen LogP contribution is 2.21. The molecule has 2 rings (SSSR count). The van der Waals surface area contributed by atoms with Gasteiger partial charge in [0.25, 0.3) is 0 Å². The Labute approximate surface area is 139 Å². The molecule has 1 fully saturated rings. The summed E-state index contributed by atoms with van der Waals surface area (Å²) in [5.74, 6) is 0.260. The van der Waals surface area contributed by atoms with Gasteiger partial charge in [-0.15, -0.1) is 0 Å². The molecule has 0 saturated carbocycles. The molecular weight excluding hydrogens is 288 g/mol. The number of anilines is 1. The third-order valence-electron chi connectivity index (χ3n) is 4.33. The van der Waals surface area contributed by atoms with Crippen LogP contribution in [0.1, 0.15) is 57.9 Å². The maximum absolute atomic E-state index is 12.1. The second kappa shape index (κ2) is 8.70. The summed E-state index contributed by atoms with van der Waals surface area (Å²) in [4.78, 5) is 25.6. The van der Waals surface area contributed by atoms with Gasteiger partial charge in [0.1, 0.15) is 0 Å². The highest BCUT2D eigenvalue weighted by atomic mass is 16.2. The number of carbonyl (C=O) groups excluding carboxylic acids is 2. The van der Waals surface area contributed by atoms with Gasteiger partial charge in [-0.25, -0.2) is 0 Å². The third kappa shape index (κ3) is 5.38. The average Bonchev–Trinajstić information content (AvgIpc) is 2.94. The SMILES string of the molecule is CCCCCC(C)NC(=O)Cc1ccc(N2CCCC2=O)cc1. The third-order valence-corrected chi connectivity index (χ3v) is 4.33. The van der Waals surface area contributed by atoms with Crippen molar-refractivity contribution in [3.8, 4) is 0 Å². The van der Waals surface area contributed by atoms with Crippen LogP contribution in [0.3, 0.4) is 0 Å². The van der Waals surface area contributed by atoms with Crippen LogP contribution in [0.5, 0.6) is 0 Å². The van der Waals surface area contributed by atoms with Crippen molar-refractivity contribution >= 4 is 17.5 Å². The first-order valence-electron chi connectivity index (χ1n) is 8.79. The maximum Gasteiger partial charge on any atom is 0.227 e. The lowest BCUT2D eigenvalue weighted by atomic mass is 10.1. The van der Waals surface area contributed by atoms with Gasteiger partial charge in [-0.05, 0) is 37.5 Å². The molecule has 126 valence electrons. The molecule has 1 aliphatic heterocycles. The zero-order valence-corrected chi connectivity index (χ0v) is 14.3. The highest BCUT2D eigenvalue weighted by molar-refractivity contribution is 5.95. The topological polar surface area (TPSA) is 49.4 Å². The van der Waals surface area contributed by atoms with E-state index in [1.165, 1.54) is 12.8 Å². The molecule has 1 saturated heterocycles. The van der Waals surface area contributed by atoms with Crippen molar-refractivity contribution in [2.24, 2.45) is 0 Å². The van der Waals surface area contributed by atoms with E-state index in [1.807, 2.05) is 29.2 Å². The number of carbonyl (C=O) groups is 2. The van der Waals surface area contributed by atoms with Crippen molar-refractivity contribution < 1.29 is 9.59 Å². The Kier molecular flexibility index (Phi) is 6.63. The van der Waals surface area contributed by atoms with Gasteiger partial charge < -0.3 is 10.2 Å². The van der Waals surface area contributed by atoms with Gasteiger partial charge >= 0.3 is 0 Å². The fourth-order valence-electron chi connectivity index (χ4n) is 3.00. The van der Waals surface area contributed by atoms with Gasteiger partial charge in [-0.1, -0.05) is 38.3 Å². The Hall–Kier alpha value is -1.84. The van der Waals surface area contributed by atoms with Crippen LogP contribution < -0.4 is 10.2 Å². The smallest absolute Gasteiger partial charge is 0.227 e. The van der Waals surface area contributed by atoms with E-state index in [1.54, 1.807) is 0 Å². The minimum absolute atomic E-state index is 0.0685. The molecule has 1 aliphatic rings. The summed E-state index contributed by atoms with van der Waals surface area (Å²) >= 11 is 0. The lowest BCUT2D eigenvalue weighted by Crippen LogP contribution is -2.33. The molecule has 4 nitrogen and oxygen atoms in total. The molecule has 0 radical (unpaired) electrons. The molecule has 4 heteroatoms. The number of unbranched alkanes of at least 4 members (excludes halogenated alkanes) is 2. The van der Waals surface area contributed by atoms with E-state index in [0.717, 1.165) is 37.1 Å². The van der Waals surface area contributed by atoms with Crippen molar-refractivity contribution in [1.29, 1.82) is 0 Å². The van der Waals surface area contributed by atoms with Gasteiger partial charge in [0.15, 0.2) is 0 Å². The minimum Gasteiger partial charge on any atom is -0.353 e. The Morgan fingerprint density at radius 2 is 2.00 bits per heavy atom. The van der Waals surface area contributed by atoms with E-state index in [2.05, 4.69) is 19.2 Å². The average molecular weight is 316 g/mol. The van der Waals surface area contributed by atoms with Gasteiger partial charge in [0.2, 0.25) is 11.8 Å². The second-order valence-electron chi connectivity index (χ2n) is 6.46. The fraction of sp³-hybridized carbons (Fsp3) is 0.579. The van der Waals surface area contributed by atoms with E-state index < -0.39 is 0 Å². The first kappa shape index (κ1) is 17.5. The van der Waals surface area contributed by atoms with Crippen LogP contribution in [0.4, 0.5) is 5.69 Å². The molecule has 1 unspecified atom stereocenters. The number of hydrogen-bond acceptors (Lipinski definition) is 2. The molecule has 1 N–H and O–H groups in total. The fourth-order valence-corrected chi connectivity index (χ4v) is 3.00. The van der Waals surface area contributed by atoms with Gasteiger partial charge in [0.05, 0.1) is 6.42 Å². The number of nitrogens with one attached hydrogen (secondary N) is 1. The quantitative estimate of drug-likeness (QED) is 0.747. The molecule has 2 amide bonds. The Morgan fingerprint density at radius 1 is 1.26 bits per heavy atom. The molecule has 0 bridgehead atoms. The van der Waals surface area contributed by atoms with Crippen LogP contribution in [0.2, 0.25) is 0 Å². The standard InChI is InChI=1S/C19H28N2O2/c1-3-4-5-7-15(2)20-18(22)14-16-9-11-17(12-10-16)21-13-6-8-19(21)23/h9-12,15H,3-8,13-14H2,1-2H3,(H,20,22). The molecule has 1 aromatic carbocycles. The van der Waals surface area contributed by atoms with E-state index in [0.29, 0.717) is 12.8 Å². The van der Waals surface area contributed by atoms with Crippen molar-refractivity contribution in [2.45, 2.75) is 64.8 Å². The monoisotopic (exact) mass is 316 g/mol. The number of nitrogens with zero attached hydrogens (tertiary/aromatic N) is 1. The highest BCUT2D eigenvalue weighted by Gasteiger charge is 2.21. The predicted octanol–water partition coefficient (Wildman–Crippen LogP) is 3.44. The number of amides is 2. The van der Waals surface area contributed by atoms with Gasteiger partial charge in [-0.2, -0.15) is 0 Å². The summed E-state index contributed by atoms with van der Waals surface area (Å²) in [5.41, 5.74) is 1.92. The minimum atomic E-state index is 0.0685. The zero-order chi connectivity index (χ0) is 16.7. The summed E-state index contributed by atoms with van der Waals surface area (Å²) in [7, 11) is 0. The predicted molar refractivity (Wildman–Crippen MR) is 93.5 cm³/mol. The van der Waals surface area contributed by atoms with Crippen molar-refractivity contribution in [2.75, 3.05) is 11.4 Å². The summed E-state index contributed by atoms with van der Waals surface area (Å²) in [5, 5.41) is 3.06. The van der Waals surface area contributed by atoms with Crippen LogP contribution >= 0.6 is 0 Å². The largest absolute Gasteiger partial charge is 0.353 e. The first-order valence-corrected chi connectivity index (χ1v) is 8.79. The number of benzene rings is 1. The van der Waals surface area contributed by atoms with Crippen LogP contribution in [0.25, 0.3) is 0 Å². The van der Waals surface area contributed by atoms with E-state index in [-0.39, 0.29) is 17.9 Å². The van der Waals surface area contributed by atoms with E-state index in [9.17, 15) is 9.59 Å². The first-order chi connectivity index (χ1) is 11.1. The summed E-state index contributed by atoms with van der Waals surface area (Å²) < 4.78 is 0. The molecule has 1 atom stereocenters. The molecular formula is C19H28N2O2. The summed E-state index contributed by atoms with van der Waals surface area (Å²) in [6.45, 7) is 5.05. The molecule has 23 heavy (non-hydrogen) atoms. The van der Waals surface area contributed by atoms with E-state index in [4.69, 9.17) is 0 Å². The lowest BCUT2D eigenvalue weighted by Gasteiger charge is -2.16. The molecule has 1 aromatic rings. The van der Waals surface area contributed by atoms with Gasteiger partial charge in [0, 0.05) is 24.7 Å².